The molecule has 1 saturated heterocycles. The third-order valence-corrected chi connectivity index (χ3v) is 4.88. The summed E-state index contributed by atoms with van der Waals surface area (Å²) < 4.78 is 5.82. The van der Waals surface area contributed by atoms with E-state index in [9.17, 15) is 14.7 Å². The van der Waals surface area contributed by atoms with Gasteiger partial charge < -0.3 is 19.9 Å². The molecule has 1 amide bonds. The SMILES string of the molecule is O=C1NC(=Nc2ccc(O)cc2)/C(=C/c2ccc(-c3ccc(C(=O)O)cc3)o2)S1. The summed E-state index contributed by atoms with van der Waals surface area (Å²) in [6, 6.07) is 16.2. The van der Waals surface area contributed by atoms with Crippen LogP contribution in [0.2, 0.25) is 0 Å². The highest BCUT2D eigenvalue weighted by Crippen LogP contribution is 2.31. The number of thioether (sulfide) groups is 1. The molecule has 0 aliphatic carbocycles. The predicted molar refractivity (Wildman–Crippen MR) is 110 cm³/mol. The maximum Gasteiger partial charge on any atom is 0.335 e. The molecule has 0 saturated carbocycles. The number of nitrogens with one attached hydrogen (secondary N) is 1. The van der Waals surface area contributed by atoms with Crippen LogP contribution < -0.4 is 5.32 Å². The number of carbonyl (C=O) groups is 2. The van der Waals surface area contributed by atoms with Crippen molar-refractivity contribution in [3.8, 4) is 17.1 Å². The summed E-state index contributed by atoms with van der Waals surface area (Å²) in [5, 5.41) is 20.8. The molecule has 0 spiro atoms. The number of amides is 1. The van der Waals surface area contributed by atoms with Crippen LogP contribution in [0.4, 0.5) is 10.5 Å². The van der Waals surface area contributed by atoms with E-state index in [1.54, 1.807) is 42.5 Å². The molecule has 144 valence electrons. The predicted octanol–water partition coefficient (Wildman–Crippen LogP) is 4.88. The molecule has 0 unspecified atom stereocenters. The Balaban J connectivity index is 1.60. The van der Waals surface area contributed by atoms with Gasteiger partial charge in [0.05, 0.1) is 16.2 Å². The molecule has 1 aliphatic heterocycles. The van der Waals surface area contributed by atoms with Crippen LogP contribution in [-0.2, 0) is 0 Å². The zero-order chi connectivity index (χ0) is 20.4. The number of carboxylic acids is 1. The van der Waals surface area contributed by atoms with Crippen molar-refractivity contribution in [3.63, 3.8) is 0 Å². The van der Waals surface area contributed by atoms with E-state index in [2.05, 4.69) is 10.3 Å². The van der Waals surface area contributed by atoms with Crippen molar-refractivity contribution in [2.45, 2.75) is 0 Å². The molecule has 29 heavy (non-hydrogen) atoms. The Labute approximate surface area is 169 Å². The molecule has 0 bridgehead atoms. The minimum atomic E-state index is -0.989. The van der Waals surface area contributed by atoms with Gasteiger partial charge in [0.1, 0.15) is 23.1 Å². The van der Waals surface area contributed by atoms with Gasteiger partial charge >= 0.3 is 5.97 Å². The maximum absolute atomic E-state index is 11.8. The summed E-state index contributed by atoms with van der Waals surface area (Å²) in [6.07, 6.45) is 1.71. The molecule has 3 N–H and O–H groups in total. The Bertz CT molecular complexity index is 1140. The molecule has 1 fully saturated rings. The van der Waals surface area contributed by atoms with Gasteiger partial charge in [0.25, 0.3) is 5.24 Å². The van der Waals surface area contributed by atoms with Gasteiger partial charge in [-0.3, -0.25) is 4.79 Å². The number of benzene rings is 2. The summed E-state index contributed by atoms with van der Waals surface area (Å²) in [7, 11) is 0. The van der Waals surface area contributed by atoms with E-state index in [-0.39, 0.29) is 16.6 Å². The molecule has 2 heterocycles. The number of phenols is 1. The summed E-state index contributed by atoms with van der Waals surface area (Å²) in [5.74, 6) is 0.647. The van der Waals surface area contributed by atoms with Crippen LogP contribution in [0.3, 0.4) is 0 Å². The molecule has 0 radical (unpaired) electrons. The summed E-state index contributed by atoms with van der Waals surface area (Å²) >= 11 is 1.01. The number of aliphatic imine (C=N–C) groups is 1. The van der Waals surface area contributed by atoms with Gasteiger partial charge in [0.15, 0.2) is 0 Å². The first-order valence-electron chi connectivity index (χ1n) is 8.50. The van der Waals surface area contributed by atoms with E-state index in [1.807, 2.05) is 0 Å². The van der Waals surface area contributed by atoms with Crippen molar-refractivity contribution in [1.82, 2.24) is 5.32 Å². The van der Waals surface area contributed by atoms with E-state index in [1.165, 1.54) is 24.3 Å². The van der Waals surface area contributed by atoms with Gasteiger partial charge in [-0.25, -0.2) is 9.79 Å². The zero-order valence-corrected chi connectivity index (χ0v) is 15.6. The quantitative estimate of drug-likeness (QED) is 0.569. The number of hydrogen-bond acceptors (Lipinski definition) is 6. The van der Waals surface area contributed by atoms with Gasteiger partial charge in [0.2, 0.25) is 0 Å². The molecular weight excluding hydrogens is 392 g/mol. The van der Waals surface area contributed by atoms with Gasteiger partial charge in [-0.1, -0.05) is 12.1 Å². The Hall–Kier alpha value is -3.78. The Morgan fingerprint density at radius 2 is 1.76 bits per heavy atom. The van der Waals surface area contributed by atoms with Crippen molar-refractivity contribution in [2.24, 2.45) is 4.99 Å². The maximum atomic E-state index is 11.8. The molecule has 3 aromatic rings. The molecule has 2 aromatic carbocycles. The molecule has 1 aromatic heterocycles. The number of amidine groups is 1. The average Bonchev–Trinajstić information content (AvgIpc) is 3.30. The van der Waals surface area contributed by atoms with Crippen LogP contribution >= 0.6 is 11.8 Å². The summed E-state index contributed by atoms with van der Waals surface area (Å²) in [4.78, 5) is 27.8. The lowest BCUT2D eigenvalue weighted by atomic mass is 10.1. The summed E-state index contributed by atoms with van der Waals surface area (Å²) in [6.45, 7) is 0. The average molecular weight is 406 g/mol. The van der Waals surface area contributed by atoms with Crippen LogP contribution in [0.25, 0.3) is 17.4 Å². The number of aromatic carboxylic acids is 1. The Morgan fingerprint density at radius 3 is 2.45 bits per heavy atom. The number of rotatable bonds is 4. The fraction of sp³-hybridized carbons (Fsp3) is 0. The highest BCUT2D eigenvalue weighted by molar-refractivity contribution is 8.18. The fourth-order valence-corrected chi connectivity index (χ4v) is 3.38. The van der Waals surface area contributed by atoms with Crippen molar-refractivity contribution in [3.05, 3.63) is 76.9 Å². The van der Waals surface area contributed by atoms with Crippen LogP contribution in [0, 0.1) is 0 Å². The van der Waals surface area contributed by atoms with Crippen LogP contribution in [0.5, 0.6) is 5.75 Å². The van der Waals surface area contributed by atoms with Crippen molar-refractivity contribution < 1.29 is 24.2 Å². The highest BCUT2D eigenvalue weighted by Gasteiger charge is 2.24. The highest BCUT2D eigenvalue weighted by atomic mass is 32.2. The van der Waals surface area contributed by atoms with Gasteiger partial charge in [-0.2, -0.15) is 0 Å². The number of phenolic OH excluding ortho intramolecular Hbond substituents is 1. The number of hydrogen-bond donors (Lipinski definition) is 3. The Kier molecular flexibility index (Phi) is 4.92. The lowest BCUT2D eigenvalue weighted by Crippen LogP contribution is -2.18. The standard InChI is InChI=1S/C21H14N2O5S/c24-15-7-5-14(6-8-15)22-19-18(29-21(27)23-19)11-16-9-10-17(28-16)12-1-3-13(4-2-12)20(25)26/h1-11,24H,(H,25,26)(H,22,23,27)/b18-11-. The second kappa shape index (κ2) is 7.69. The number of furan rings is 1. The molecule has 0 atom stereocenters. The summed E-state index contributed by atoms with van der Waals surface area (Å²) in [5.41, 5.74) is 1.53. The van der Waals surface area contributed by atoms with Crippen LogP contribution in [0.15, 0.2) is 75.0 Å². The fourth-order valence-electron chi connectivity index (χ4n) is 2.66. The van der Waals surface area contributed by atoms with Crippen LogP contribution in [0.1, 0.15) is 16.1 Å². The monoisotopic (exact) mass is 406 g/mol. The van der Waals surface area contributed by atoms with Crippen molar-refractivity contribution in [1.29, 1.82) is 0 Å². The number of aromatic hydroxyl groups is 1. The second-order valence-electron chi connectivity index (χ2n) is 6.08. The number of nitrogens with zero attached hydrogens (tertiary/aromatic N) is 1. The zero-order valence-electron chi connectivity index (χ0n) is 14.8. The molecule has 1 aliphatic rings. The molecule has 8 heteroatoms. The normalized spacial score (nSPS) is 16.3. The molecule has 4 rings (SSSR count). The molecular formula is C21H14N2O5S. The van der Waals surface area contributed by atoms with Gasteiger partial charge in [-0.05, 0) is 66.4 Å². The third kappa shape index (κ3) is 4.22. The largest absolute Gasteiger partial charge is 0.508 e. The van der Waals surface area contributed by atoms with Gasteiger partial charge in [-0.15, -0.1) is 0 Å². The minimum Gasteiger partial charge on any atom is -0.508 e. The van der Waals surface area contributed by atoms with Crippen molar-refractivity contribution in [2.75, 3.05) is 0 Å². The van der Waals surface area contributed by atoms with E-state index in [0.717, 1.165) is 17.3 Å². The lowest BCUT2D eigenvalue weighted by molar-refractivity contribution is 0.0697. The lowest BCUT2D eigenvalue weighted by Gasteiger charge is -2.00. The van der Waals surface area contributed by atoms with Crippen LogP contribution in [-0.4, -0.2) is 27.3 Å². The van der Waals surface area contributed by atoms with E-state index in [0.29, 0.717) is 27.9 Å². The first kappa shape index (κ1) is 18.6. The smallest absolute Gasteiger partial charge is 0.335 e. The molecule has 7 nitrogen and oxygen atoms in total. The number of carboxylic acid groups (broad SMARTS) is 1. The van der Waals surface area contributed by atoms with E-state index >= 15 is 0 Å². The van der Waals surface area contributed by atoms with E-state index in [4.69, 9.17) is 9.52 Å². The van der Waals surface area contributed by atoms with Crippen molar-refractivity contribution >= 4 is 40.6 Å². The first-order chi connectivity index (χ1) is 14.0. The second-order valence-corrected chi connectivity index (χ2v) is 7.10. The third-order valence-electron chi connectivity index (χ3n) is 4.06. The van der Waals surface area contributed by atoms with E-state index < -0.39 is 5.97 Å². The minimum absolute atomic E-state index is 0.133. The number of carbonyl (C=O) groups excluding carboxylic acids is 1. The topological polar surface area (TPSA) is 112 Å². The Morgan fingerprint density at radius 1 is 1.03 bits per heavy atom. The first-order valence-corrected chi connectivity index (χ1v) is 9.32. The van der Waals surface area contributed by atoms with Gasteiger partial charge in [0, 0.05) is 5.56 Å².